The SMILES string of the molecule is Cc1c(C(=O)O)c2ccccc2n1C1CCc2ccccc21. The fraction of sp³-hybridized carbons (Fsp3) is 0.211. The summed E-state index contributed by atoms with van der Waals surface area (Å²) in [6.45, 7) is 1.92. The van der Waals surface area contributed by atoms with Gasteiger partial charge in [0.15, 0.2) is 0 Å². The Morgan fingerprint density at radius 2 is 1.86 bits per heavy atom. The Hall–Kier alpha value is -2.55. The van der Waals surface area contributed by atoms with Gasteiger partial charge in [0.05, 0.1) is 11.6 Å². The molecule has 3 heteroatoms. The molecule has 1 N–H and O–H groups in total. The van der Waals surface area contributed by atoms with E-state index in [1.807, 2.05) is 31.2 Å². The van der Waals surface area contributed by atoms with Crippen LogP contribution in [0.2, 0.25) is 0 Å². The number of carboxylic acid groups (broad SMARTS) is 1. The van der Waals surface area contributed by atoms with Crippen molar-refractivity contribution in [3.05, 3.63) is 70.9 Å². The number of para-hydroxylation sites is 1. The van der Waals surface area contributed by atoms with E-state index in [1.165, 1.54) is 11.1 Å². The molecule has 0 amide bonds. The van der Waals surface area contributed by atoms with Crippen LogP contribution in [0.25, 0.3) is 10.9 Å². The third-order valence-corrected chi connectivity index (χ3v) is 4.78. The molecule has 0 saturated heterocycles. The first-order valence-corrected chi connectivity index (χ1v) is 7.59. The first-order valence-electron chi connectivity index (χ1n) is 7.59. The first-order chi connectivity index (χ1) is 10.7. The van der Waals surface area contributed by atoms with E-state index in [4.69, 9.17) is 0 Å². The number of hydrogen-bond donors (Lipinski definition) is 1. The Morgan fingerprint density at radius 3 is 2.68 bits per heavy atom. The molecule has 110 valence electrons. The maximum Gasteiger partial charge on any atom is 0.338 e. The molecule has 0 bridgehead atoms. The average Bonchev–Trinajstić information content (AvgIpc) is 3.05. The molecule has 4 rings (SSSR count). The zero-order valence-electron chi connectivity index (χ0n) is 12.4. The van der Waals surface area contributed by atoms with Crippen molar-refractivity contribution in [2.75, 3.05) is 0 Å². The summed E-state index contributed by atoms with van der Waals surface area (Å²) in [5.41, 5.74) is 4.99. The van der Waals surface area contributed by atoms with Crippen molar-refractivity contribution in [3.63, 3.8) is 0 Å². The van der Waals surface area contributed by atoms with Gasteiger partial charge in [-0.15, -0.1) is 0 Å². The van der Waals surface area contributed by atoms with Gasteiger partial charge in [0.2, 0.25) is 0 Å². The summed E-state index contributed by atoms with van der Waals surface area (Å²) in [6, 6.07) is 16.5. The number of rotatable bonds is 2. The van der Waals surface area contributed by atoms with Crippen molar-refractivity contribution in [2.24, 2.45) is 0 Å². The minimum Gasteiger partial charge on any atom is -0.478 e. The van der Waals surface area contributed by atoms with Crippen molar-refractivity contribution >= 4 is 16.9 Å². The first kappa shape index (κ1) is 13.1. The van der Waals surface area contributed by atoms with Gasteiger partial charge >= 0.3 is 5.97 Å². The molecule has 1 atom stereocenters. The molecule has 1 aromatic heterocycles. The number of benzene rings is 2. The highest BCUT2D eigenvalue weighted by molar-refractivity contribution is 6.05. The largest absolute Gasteiger partial charge is 0.478 e. The normalized spacial score (nSPS) is 16.9. The number of aromatic carboxylic acids is 1. The van der Waals surface area contributed by atoms with E-state index >= 15 is 0 Å². The number of aryl methyl sites for hydroxylation is 1. The van der Waals surface area contributed by atoms with Crippen molar-refractivity contribution < 1.29 is 9.90 Å². The van der Waals surface area contributed by atoms with Crippen LogP contribution in [0.5, 0.6) is 0 Å². The Morgan fingerprint density at radius 1 is 1.14 bits per heavy atom. The minimum atomic E-state index is -0.848. The smallest absolute Gasteiger partial charge is 0.338 e. The Balaban J connectivity index is 2.01. The highest BCUT2D eigenvalue weighted by Gasteiger charge is 2.28. The van der Waals surface area contributed by atoms with Crippen molar-refractivity contribution in [2.45, 2.75) is 25.8 Å². The van der Waals surface area contributed by atoms with E-state index in [9.17, 15) is 9.90 Å². The van der Waals surface area contributed by atoms with E-state index in [2.05, 4.69) is 28.8 Å². The van der Waals surface area contributed by atoms with E-state index in [0.717, 1.165) is 29.4 Å². The van der Waals surface area contributed by atoms with Crippen molar-refractivity contribution in [3.8, 4) is 0 Å². The van der Waals surface area contributed by atoms with E-state index in [-0.39, 0.29) is 6.04 Å². The Kier molecular flexibility index (Phi) is 2.83. The number of carboxylic acids is 1. The zero-order valence-corrected chi connectivity index (χ0v) is 12.4. The molecule has 22 heavy (non-hydrogen) atoms. The van der Waals surface area contributed by atoms with Gasteiger partial charge in [-0.2, -0.15) is 0 Å². The van der Waals surface area contributed by atoms with E-state index in [0.29, 0.717) is 5.56 Å². The molecule has 3 aromatic rings. The van der Waals surface area contributed by atoms with Gasteiger partial charge in [-0.1, -0.05) is 42.5 Å². The predicted molar refractivity (Wildman–Crippen MR) is 86.5 cm³/mol. The molecule has 1 aliphatic rings. The summed E-state index contributed by atoms with van der Waals surface area (Å²) in [5, 5.41) is 10.4. The fourth-order valence-electron chi connectivity index (χ4n) is 3.87. The molecule has 0 fully saturated rings. The molecule has 0 spiro atoms. The second kappa shape index (κ2) is 4.73. The van der Waals surface area contributed by atoms with Crippen LogP contribution >= 0.6 is 0 Å². The van der Waals surface area contributed by atoms with Crippen molar-refractivity contribution in [1.29, 1.82) is 0 Å². The molecule has 1 heterocycles. The van der Waals surface area contributed by atoms with E-state index in [1.54, 1.807) is 0 Å². The van der Waals surface area contributed by atoms with Crippen LogP contribution in [-0.4, -0.2) is 15.6 Å². The number of aromatic nitrogens is 1. The van der Waals surface area contributed by atoms with Crippen LogP contribution in [-0.2, 0) is 6.42 Å². The zero-order chi connectivity index (χ0) is 15.3. The molecule has 0 aliphatic heterocycles. The van der Waals surface area contributed by atoms with Gasteiger partial charge in [-0.25, -0.2) is 4.79 Å². The summed E-state index contributed by atoms with van der Waals surface area (Å²) in [7, 11) is 0. The second-order valence-corrected chi connectivity index (χ2v) is 5.91. The van der Waals surface area contributed by atoms with Crippen LogP contribution in [0, 0.1) is 6.92 Å². The standard InChI is InChI=1S/C19H17NO2/c1-12-18(19(21)22)15-8-4-5-9-16(15)20(12)17-11-10-13-6-2-3-7-14(13)17/h2-9,17H,10-11H2,1H3,(H,21,22). The highest BCUT2D eigenvalue weighted by Crippen LogP contribution is 2.39. The van der Waals surface area contributed by atoms with Crippen LogP contribution in [0.15, 0.2) is 48.5 Å². The number of fused-ring (bicyclic) bond motifs is 2. The molecule has 3 nitrogen and oxygen atoms in total. The lowest BCUT2D eigenvalue weighted by Gasteiger charge is -2.18. The number of carbonyl (C=O) groups is 1. The Labute approximate surface area is 128 Å². The third-order valence-electron chi connectivity index (χ3n) is 4.78. The second-order valence-electron chi connectivity index (χ2n) is 5.91. The molecule has 2 aromatic carbocycles. The lowest BCUT2D eigenvalue weighted by atomic mass is 10.1. The minimum absolute atomic E-state index is 0.231. The summed E-state index contributed by atoms with van der Waals surface area (Å²) in [4.78, 5) is 11.7. The molecule has 1 aliphatic carbocycles. The maximum absolute atomic E-state index is 11.7. The molecular weight excluding hydrogens is 274 g/mol. The average molecular weight is 291 g/mol. The quantitative estimate of drug-likeness (QED) is 0.769. The summed E-state index contributed by atoms with van der Waals surface area (Å²) in [6.07, 6.45) is 2.08. The van der Waals surface area contributed by atoms with Gasteiger partial charge in [-0.3, -0.25) is 0 Å². The molecule has 0 saturated carbocycles. The number of nitrogens with zero attached hydrogens (tertiary/aromatic N) is 1. The topological polar surface area (TPSA) is 42.2 Å². The summed E-state index contributed by atoms with van der Waals surface area (Å²) in [5.74, 6) is -0.848. The van der Waals surface area contributed by atoms with Gasteiger partial charge in [0.25, 0.3) is 0 Å². The van der Waals surface area contributed by atoms with Crippen LogP contribution in [0.4, 0.5) is 0 Å². The Bertz CT molecular complexity index is 892. The molecule has 1 unspecified atom stereocenters. The summed E-state index contributed by atoms with van der Waals surface area (Å²) < 4.78 is 2.21. The third kappa shape index (κ3) is 1.72. The van der Waals surface area contributed by atoms with Gasteiger partial charge in [-0.05, 0) is 37.0 Å². The van der Waals surface area contributed by atoms with Crippen LogP contribution < -0.4 is 0 Å². The van der Waals surface area contributed by atoms with E-state index < -0.39 is 5.97 Å². The van der Waals surface area contributed by atoms with Gasteiger partial charge in [0.1, 0.15) is 0 Å². The summed E-state index contributed by atoms with van der Waals surface area (Å²) >= 11 is 0. The lowest BCUT2D eigenvalue weighted by molar-refractivity contribution is 0.0698. The monoisotopic (exact) mass is 291 g/mol. The molecule has 0 radical (unpaired) electrons. The molecular formula is C19H17NO2. The number of hydrogen-bond acceptors (Lipinski definition) is 1. The van der Waals surface area contributed by atoms with Crippen LogP contribution in [0.3, 0.4) is 0 Å². The van der Waals surface area contributed by atoms with Gasteiger partial charge < -0.3 is 9.67 Å². The van der Waals surface area contributed by atoms with Crippen LogP contribution in [0.1, 0.15) is 39.6 Å². The predicted octanol–water partition coefficient (Wildman–Crippen LogP) is 4.18. The fourth-order valence-corrected chi connectivity index (χ4v) is 3.87. The maximum atomic E-state index is 11.7. The van der Waals surface area contributed by atoms with Gasteiger partial charge in [0, 0.05) is 16.6 Å². The van der Waals surface area contributed by atoms with Crippen molar-refractivity contribution in [1.82, 2.24) is 4.57 Å². The lowest BCUT2D eigenvalue weighted by Crippen LogP contribution is -2.10. The highest BCUT2D eigenvalue weighted by atomic mass is 16.4.